The van der Waals surface area contributed by atoms with Gasteiger partial charge in [0.25, 0.3) is 5.91 Å². The molecule has 0 aliphatic heterocycles. The normalized spacial score (nSPS) is 11.4. The van der Waals surface area contributed by atoms with Crippen LogP contribution in [0.1, 0.15) is 16.2 Å². The fraction of sp³-hybridized carbons (Fsp3) is 0.182. The maximum absolute atomic E-state index is 12.3. The molecule has 1 aromatic carbocycles. The highest BCUT2D eigenvalue weighted by Gasteiger charge is 2.38. The van der Waals surface area contributed by atoms with E-state index in [0.29, 0.717) is 5.56 Å². The van der Waals surface area contributed by atoms with E-state index in [2.05, 4.69) is 20.0 Å². The van der Waals surface area contributed by atoms with Gasteiger partial charge in [-0.1, -0.05) is 17.3 Å². The first-order chi connectivity index (χ1) is 8.91. The van der Waals surface area contributed by atoms with Crippen molar-refractivity contribution in [3.05, 3.63) is 35.7 Å². The lowest BCUT2D eigenvalue weighted by Gasteiger charge is -2.00. The predicted molar refractivity (Wildman–Crippen MR) is 58.1 cm³/mol. The number of aromatic nitrogens is 2. The summed E-state index contributed by atoms with van der Waals surface area (Å²) in [5, 5.41) is 5.65. The molecular weight excluding hydrogens is 263 g/mol. The molecule has 19 heavy (non-hydrogen) atoms. The quantitative estimate of drug-likeness (QED) is 0.908. The van der Waals surface area contributed by atoms with Crippen molar-refractivity contribution in [2.24, 2.45) is 0 Å². The van der Waals surface area contributed by atoms with Gasteiger partial charge in [0.2, 0.25) is 5.82 Å². The summed E-state index contributed by atoms with van der Waals surface area (Å²) in [5.41, 5.74) is 0.554. The largest absolute Gasteiger partial charge is 0.471 e. The van der Waals surface area contributed by atoms with Gasteiger partial charge in [-0.25, -0.2) is 0 Å². The number of nitrogens with zero attached hydrogens (tertiary/aromatic N) is 2. The zero-order valence-corrected chi connectivity index (χ0v) is 9.65. The third kappa shape index (κ3) is 2.72. The lowest BCUT2D eigenvalue weighted by atomic mass is 10.1. The molecule has 8 heteroatoms. The minimum atomic E-state index is -4.69. The van der Waals surface area contributed by atoms with Crippen molar-refractivity contribution in [3.8, 4) is 11.4 Å². The monoisotopic (exact) mass is 271 g/mol. The highest BCUT2D eigenvalue weighted by Crippen LogP contribution is 2.29. The standard InChI is InChI=1S/C11H8F3N3O2/c1-15-9(18)7-4-2-3-6(5-7)8-16-10(19-17-8)11(12,13)14/h2-5H,1H3,(H,15,18). The topological polar surface area (TPSA) is 68.0 Å². The Balaban J connectivity index is 2.37. The van der Waals surface area contributed by atoms with Crippen LogP contribution >= 0.6 is 0 Å². The van der Waals surface area contributed by atoms with Crippen LogP contribution in [-0.4, -0.2) is 23.1 Å². The number of alkyl halides is 3. The van der Waals surface area contributed by atoms with Gasteiger partial charge >= 0.3 is 12.1 Å². The van der Waals surface area contributed by atoms with Crippen LogP contribution in [0.5, 0.6) is 0 Å². The van der Waals surface area contributed by atoms with Crippen LogP contribution in [0.2, 0.25) is 0 Å². The van der Waals surface area contributed by atoms with Crippen LogP contribution in [0, 0.1) is 0 Å². The summed E-state index contributed by atoms with van der Waals surface area (Å²) in [5.74, 6) is -2.01. The molecule has 0 aliphatic rings. The minimum Gasteiger partial charge on any atom is -0.355 e. The summed E-state index contributed by atoms with van der Waals surface area (Å²) >= 11 is 0. The first-order valence-corrected chi connectivity index (χ1v) is 5.15. The number of rotatable bonds is 2. The van der Waals surface area contributed by atoms with Gasteiger partial charge in [-0.05, 0) is 12.1 Å². The Morgan fingerprint density at radius 3 is 2.68 bits per heavy atom. The minimum absolute atomic E-state index is 0.224. The van der Waals surface area contributed by atoms with Crippen LogP contribution in [-0.2, 0) is 6.18 Å². The van der Waals surface area contributed by atoms with E-state index in [9.17, 15) is 18.0 Å². The Bertz CT molecular complexity index is 607. The van der Waals surface area contributed by atoms with Crippen molar-refractivity contribution in [2.75, 3.05) is 7.05 Å². The number of amides is 1. The molecule has 1 amide bonds. The van der Waals surface area contributed by atoms with Gasteiger partial charge in [0.1, 0.15) is 0 Å². The summed E-state index contributed by atoms with van der Waals surface area (Å²) in [7, 11) is 1.45. The van der Waals surface area contributed by atoms with E-state index in [4.69, 9.17) is 0 Å². The first kappa shape index (κ1) is 13.1. The highest BCUT2D eigenvalue weighted by atomic mass is 19.4. The molecule has 2 aromatic rings. The molecule has 0 bridgehead atoms. The molecule has 0 atom stereocenters. The van der Waals surface area contributed by atoms with Gasteiger partial charge in [-0.2, -0.15) is 18.2 Å². The molecule has 0 saturated carbocycles. The fourth-order valence-electron chi connectivity index (χ4n) is 1.40. The number of carbonyl (C=O) groups excluding carboxylic acids is 1. The average molecular weight is 271 g/mol. The van der Waals surface area contributed by atoms with Crippen molar-refractivity contribution in [1.82, 2.24) is 15.5 Å². The number of benzene rings is 1. The molecule has 100 valence electrons. The molecule has 0 spiro atoms. The van der Waals surface area contributed by atoms with Gasteiger partial charge in [0, 0.05) is 18.2 Å². The Labute approximate surface area is 105 Å². The second kappa shape index (κ2) is 4.71. The first-order valence-electron chi connectivity index (χ1n) is 5.15. The molecule has 5 nitrogen and oxygen atoms in total. The summed E-state index contributed by atoms with van der Waals surface area (Å²) in [6.45, 7) is 0. The lowest BCUT2D eigenvalue weighted by molar-refractivity contribution is -0.159. The molecule has 0 unspecified atom stereocenters. The van der Waals surface area contributed by atoms with Crippen LogP contribution in [0.15, 0.2) is 28.8 Å². The van der Waals surface area contributed by atoms with Crippen LogP contribution < -0.4 is 5.32 Å². The van der Waals surface area contributed by atoms with Gasteiger partial charge in [-0.15, -0.1) is 0 Å². The van der Waals surface area contributed by atoms with Gasteiger partial charge in [0.15, 0.2) is 0 Å². The van der Waals surface area contributed by atoms with Crippen LogP contribution in [0.25, 0.3) is 11.4 Å². The fourth-order valence-corrected chi connectivity index (χ4v) is 1.40. The third-order valence-corrected chi connectivity index (χ3v) is 2.28. The molecule has 0 saturated heterocycles. The van der Waals surface area contributed by atoms with E-state index in [1.807, 2.05) is 0 Å². The van der Waals surface area contributed by atoms with Gasteiger partial charge < -0.3 is 9.84 Å². The van der Waals surface area contributed by atoms with Crippen molar-refractivity contribution >= 4 is 5.91 Å². The van der Waals surface area contributed by atoms with Gasteiger partial charge in [0.05, 0.1) is 0 Å². The smallest absolute Gasteiger partial charge is 0.355 e. The Morgan fingerprint density at radius 2 is 2.11 bits per heavy atom. The maximum atomic E-state index is 12.3. The van der Waals surface area contributed by atoms with E-state index < -0.39 is 12.1 Å². The number of halogens is 3. The zero-order chi connectivity index (χ0) is 14.0. The Hall–Kier alpha value is -2.38. The van der Waals surface area contributed by atoms with E-state index in [1.165, 1.54) is 31.3 Å². The molecule has 2 rings (SSSR count). The summed E-state index contributed by atoms with van der Waals surface area (Å²) in [4.78, 5) is 14.6. The molecular formula is C11H8F3N3O2. The van der Waals surface area contributed by atoms with E-state index in [1.54, 1.807) is 0 Å². The predicted octanol–water partition coefficient (Wildman–Crippen LogP) is 2.11. The number of carbonyl (C=O) groups is 1. The SMILES string of the molecule is CNC(=O)c1cccc(-c2noc(C(F)(F)F)n2)c1. The van der Waals surface area contributed by atoms with E-state index in [0.717, 1.165) is 0 Å². The number of hydrogen-bond acceptors (Lipinski definition) is 4. The highest BCUT2D eigenvalue weighted by molar-refractivity contribution is 5.95. The molecule has 0 aliphatic carbocycles. The average Bonchev–Trinajstić information content (AvgIpc) is 2.87. The van der Waals surface area contributed by atoms with Crippen LogP contribution in [0.3, 0.4) is 0 Å². The molecule has 1 aromatic heterocycles. The summed E-state index contributed by atoms with van der Waals surface area (Å²) in [6, 6.07) is 5.90. The third-order valence-electron chi connectivity index (χ3n) is 2.28. The lowest BCUT2D eigenvalue weighted by Crippen LogP contribution is -2.17. The van der Waals surface area contributed by atoms with E-state index >= 15 is 0 Å². The molecule has 1 heterocycles. The number of nitrogens with one attached hydrogen (secondary N) is 1. The Morgan fingerprint density at radius 1 is 1.37 bits per heavy atom. The second-order valence-electron chi connectivity index (χ2n) is 3.58. The van der Waals surface area contributed by atoms with E-state index in [-0.39, 0.29) is 17.3 Å². The zero-order valence-electron chi connectivity index (χ0n) is 9.65. The summed E-state index contributed by atoms with van der Waals surface area (Å²) < 4.78 is 41.1. The van der Waals surface area contributed by atoms with Crippen molar-refractivity contribution < 1.29 is 22.5 Å². The number of hydrogen-bond donors (Lipinski definition) is 1. The summed E-state index contributed by atoms with van der Waals surface area (Å²) in [6.07, 6.45) is -4.69. The Kier molecular flexibility index (Phi) is 3.24. The molecule has 1 N–H and O–H groups in total. The van der Waals surface area contributed by atoms with Crippen molar-refractivity contribution in [1.29, 1.82) is 0 Å². The maximum Gasteiger partial charge on any atom is 0.471 e. The van der Waals surface area contributed by atoms with Gasteiger partial charge in [-0.3, -0.25) is 4.79 Å². The van der Waals surface area contributed by atoms with Crippen molar-refractivity contribution in [3.63, 3.8) is 0 Å². The molecule has 0 fully saturated rings. The second-order valence-corrected chi connectivity index (χ2v) is 3.58. The molecule has 0 radical (unpaired) electrons. The van der Waals surface area contributed by atoms with Crippen LogP contribution in [0.4, 0.5) is 13.2 Å². The van der Waals surface area contributed by atoms with Crippen molar-refractivity contribution in [2.45, 2.75) is 6.18 Å².